The minimum atomic E-state index is -2.79. The van der Waals surface area contributed by atoms with Crippen LogP contribution in [0.4, 0.5) is 4.79 Å². The Balaban J connectivity index is 1.92. The van der Waals surface area contributed by atoms with E-state index in [0.29, 0.717) is 13.1 Å². The van der Waals surface area contributed by atoms with Crippen LogP contribution < -0.4 is 15.7 Å². The van der Waals surface area contributed by atoms with Gasteiger partial charge in [0.2, 0.25) is 0 Å². The summed E-state index contributed by atoms with van der Waals surface area (Å²) in [5.74, 6) is -0.531. The summed E-state index contributed by atoms with van der Waals surface area (Å²) in [6.07, 6.45) is 1.20. The number of nitrogens with one attached hydrogen (secondary N) is 1. The van der Waals surface area contributed by atoms with E-state index in [-0.39, 0.29) is 17.7 Å². The van der Waals surface area contributed by atoms with E-state index in [1.807, 2.05) is 12.1 Å². The highest BCUT2D eigenvalue weighted by Gasteiger charge is 2.51. The van der Waals surface area contributed by atoms with E-state index >= 15 is 0 Å². The van der Waals surface area contributed by atoms with Crippen molar-refractivity contribution in [3.63, 3.8) is 0 Å². The van der Waals surface area contributed by atoms with Gasteiger partial charge in [-0.1, -0.05) is 97.4 Å². The van der Waals surface area contributed by atoms with Crippen molar-refractivity contribution in [3.05, 3.63) is 71.2 Å². The molecule has 1 unspecified atom stereocenters. The molecule has 9 heteroatoms. The van der Waals surface area contributed by atoms with Gasteiger partial charge in [0, 0.05) is 24.1 Å². The highest BCUT2D eigenvalue weighted by molar-refractivity contribution is 9.11. The van der Waals surface area contributed by atoms with Crippen LogP contribution in [0.5, 0.6) is 0 Å². The summed E-state index contributed by atoms with van der Waals surface area (Å²) in [6.45, 7) is 13.4. The first-order chi connectivity index (χ1) is 18.2. The molecule has 212 valence electrons. The lowest BCUT2D eigenvalue weighted by Gasteiger charge is -2.46. The molecule has 1 heterocycles. The highest BCUT2D eigenvalue weighted by Crippen LogP contribution is 2.38. The molecule has 1 aliphatic rings. The molecule has 0 saturated carbocycles. The number of amides is 1. The van der Waals surface area contributed by atoms with Gasteiger partial charge in [-0.05, 0) is 42.3 Å². The minimum Gasteiger partial charge on any atom is -0.467 e. The first kappa shape index (κ1) is 31.1. The van der Waals surface area contributed by atoms with Crippen LogP contribution in [0.2, 0.25) is 5.04 Å². The van der Waals surface area contributed by atoms with Crippen molar-refractivity contribution in [2.24, 2.45) is 0 Å². The van der Waals surface area contributed by atoms with Gasteiger partial charge in [0.25, 0.3) is 8.32 Å². The van der Waals surface area contributed by atoms with Crippen LogP contribution in [0.3, 0.4) is 0 Å². The quantitative estimate of drug-likeness (QED) is 0.345. The minimum absolute atomic E-state index is 0.175. The van der Waals surface area contributed by atoms with Crippen LogP contribution in [-0.2, 0) is 18.7 Å². The van der Waals surface area contributed by atoms with Gasteiger partial charge in [-0.25, -0.2) is 9.59 Å². The Morgan fingerprint density at radius 2 is 1.54 bits per heavy atom. The number of rotatable bonds is 8. The van der Waals surface area contributed by atoms with Crippen LogP contribution in [0.15, 0.2) is 71.2 Å². The lowest BCUT2D eigenvalue weighted by atomic mass is 10.2. The van der Waals surface area contributed by atoms with Gasteiger partial charge in [0.1, 0.15) is 11.6 Å². The lowest BCUT2D eigenvalue weighted by molar-refractivity contribution is -0.143. The molecular formula is C30H41BrN2O5Si. The summed E-state index contributed by atoms with van der Waals surface area (Å²) in [5, 5.41) is 4.90. The molecule has 1 aliphatic heterocycles. The summed E-state index contributed by atoms with van der Waals surface area (Å²) in [4.78, 5) is 27.2. The summed E-state index contributed by atoms with van der Waals surface area (Å²) in [5.41, 5.74) is -0.684. The monoisotopic (exact) mass is 616 g/mol. The van der Waals surface area contributed by atoms with E-state index in [1.54, 1.807) is 20.8 Å². The van der Waals surface area contributed by atoms with Gasteiger partial charge >= 0.3 is 12.1 Å². The number of halogens is 1. The Morgan fingerprint density at radius 3 is 2.00 bits per heavy atom. The topological polar surface area (TPSA) is 77.1 Å². The van der Waals surface area contributed by atoms with Crippen molar-refractivity contribution in [3.8, 4) is 0 Å². The number of methoxy groups -OCH3 is 1. The SMILES string of the molecule is COC(=O)[C@H](CN1CC(Br)=CC(O[Si](c2ccccc2)(c2ccccc2)C(C)(C)C)C1)NC(=O)OC(C)(C)C. The lowest BCUT2D eigenvalue weighted by Crippen LogP contribution is -2.68. The first-order valence-electron chi connectivity index (χ1n) is 13.2. The number of esters is 1. The molecule has 0 saturated heterocycles. The third kappa shape index (κ3) is 8.03. The molecule has 1 amide bonds. The van der Waals surface area contributed by atoms with Gasteiger partial charge in [-0.15, -0.1) is 0 Å². The Bertz CT molecular complexity index is 1110. The van der Waals surface area contributed by atoms with Crippen LogP contribution in [-0.4, -0.2) is 69.8 Å². The molecule has 7 nitrogen and oxygen atoms in total. The standard InChI is InChI=1S/C30H41BrN2O5Si/c1-29(2,3)37-28(35)32-26(27(34)36-7)21-33-19-22(31)18-23(20-33)38-39(30(4,5)6,24-14-10-8-11-15-24)25-16-12-9-13-17-25/h8-18,23,26H,19-21H2,1-7H3,(H,32,35)/t23?,26-/m0/s1. The van der Waals surface area contributed by atoms with Gasteiger partial charge in [-0.2, -0.15) is 0 Å². The van der Waals surface area contributed by atoms with Crippen molar-refractivity contribution in [1.82, 2.24) is 10.2 Å². The molecule has 0 radical (unpaired) electrons. The van der Waals surface area contributed by atoms with Crippen molar-refractivity contribution in [2.45, 2.75) is 64.3 Å². The van der Waals surface area contributed by atoms with E-state index in [0.717, 1.165) is 4.48 Å². The molecule has 0 bridgehead atoms. The Morgan fingerprint density at radius 1 is 1.00 bits per heavy atom. The van der Waals surface area contributed by atoms with E-state index in [9.17, 15) is 9.59 Å². The predicted molar refractivity (Wildman–Crippen MR) is 161 cm³/mol. The second-order valence-corrected chi connectivity index (χ2v) is 17.1. The normalized spacial score (nSPS) is 17.6. The van der Waals surface area contributed by atoms with E-state index in [1.165, 1.54) is 17.5 Å². The van der Waals surface area contributed by atoms with Gasteiger partial charge in [-0.3, -0.25) is 4.90 Å². The summed E-state index contributed by atoms with van der Waals surface area (Å²) < 4.78 is 18.6. The number of hydrogen-bond acceptors (Lipinski definition) is 6. The van der Waals surface area contributed by atoms with Gasteiger partial charge < -0.3 is 19.2 Å². The highest BCUT2D eigenvalue weighted by atomic mass is 79.9. The van der Waals surface area contributed by atoms with Crippen molar-refractivity contribution >= 4 is 46.7 Å². The first-order valence-corrected chi connectivity index (χ1v) is 15.9. The van der Waals surface area contributed by atoms with Crippen molar-refractivity contribution in [2.75, 3.05) is 26.7 Å². The number of carbonyl (C=O) groups excluding carboxylic acids is 2. The number of hydrogen-bond donors (Lipinski definition) is 1. The zero-order valence-corrected chi connectivity index (χ0v) is 26.6. The molecular weight excluding hydrogens is 576 g/mol. The van der Waals surface area contributed by atoms with Gasteiger partial charge in [0.05, 0.1) is 13.2 Å². The molecule has 3 rings (SSSR count). The van der Waals surface area contributed by atoms with Crippen LogP contribution in [0.1, 0.15) is 41.5 Å². The average Bonchev–Trinajstić information content (AvgIpc) is 2.85. The Labute approximate surface area is 242 Å². The number of carbonyl (C=O) groups is 2. The summed E-state index contributed by atoms with van der Waals surface area (Å²) >= 11 is 3.70. The number of benzene rings is 2. The molecule has 0 fully saturated rings. The van der Waals surface area contributed by atoms with Crippen molar-refractivity contribution in [1.29, 1.82) is 0 Å². The fraction of sp³-hybridized carbons (Fsp3) is 0.467. The molecule has 2 aromatic carbocycles. The smallest absolute Gasteiger partial charge is 0.408 e. The second-order valence-electron chi connectivity index (χ2n) is 11.8. The third-order valence-corrected chi connectivity index (χ3v) is 12.1. The molecule has 0 aromatic heterocycles. The van der Waals surface area contributed by atoms with Crippen LogP contribution in [0, 0.1) is 0 Å². The fourth-order valence-corrected chi connectivity index (χ4v) is 10.3. The maximum Gasteiger partial charge on any atom is 0.408 e. The summed E-state index contributed by atoms with van der Waals surface area (Å²) in [6, 6.07) is 20.1. The zero-order chi connectivity index (χ0) is 28.8. The van der Waals surface area contributed by atoms with E-state index in [2.05, 4.69) is 102 Å². The van der Waals surface area contributed by atoms with E-state index in [4.69, 9.17) is 13.9 Å². The van der Waals surface area contributed by atoms with Gasteiger partial charge in [0.15, 0.2) is 0 Å². The molecule has 39 heavy (non-hydrogen) atoms. The summed E-state index contributed by atoms with van der Waals surface area (Å²) in [7, 11) is -1.48. The Kier molecular flexibility index (Phi) is 10.2. The number of alkyl carbamates (subject to hydrolysis) is 1. The molecule has 2 aromatic rings. The molecule has 0 spiro atoms. The Hall–Kier alpha value is -2.46. The number of nitrogens with zero attached hydrogens (tertiary/aromatic N) is 1. The molecule has 0 aliphatic carbocycles. The number of ether oxygens (including phenoxy) is 2. The fourth-order valence-electron chi connectivity index (χ4n) is 5.00. The zero-order valence-electron chi connectivity index (χ0n) is 24.0. The molecule has 1 N–H and O–H groups in total. The molecule has 2 atom stereocenters. The largest absolute Gasteiger partial charge is 0.467 e. The maximum atomic E-state index is 12.6. The van der Waals surface area contributed by atoms with Crippen molar-refractivity contribution < 1.29 is 23.5 Å². The van der Waals surface area contributed by atoms with Crippen LogP contribution >= 0.6 is 15.9 Å². The predicted octanol–water partition coefficient (Wildman–Crippen LogP) is 4.59. The second kappa shape index (κ2) is 12.8. The average molecular weight is 618 g/mol. The van der Waals surface area contributed by atoms with E-state index < -0.39 is 32.0 Å². The maximum absolute atomic E-state index is 12.6. The third-order valence-electron chi connectivity index (χ3n) is 6.54. The van der Waals surface area contributed by atoms with Crippen LogP contribution in [0.25, 0.3) is 0 Å².